The molecule has 5 heteroatoms. The quantitative estimate of drug-likeness (QED) is 0.486. The van der Waals surface area contributed by atoms with Gasteiger partial charge in [0.15, 0.2) is 0 Å². The van der Waals surface area contributed by atoms with Gasteiger partial charge in [-0.25, -0.2) is 9.59 Å². The van der Waals surface area contributed by atoms with Crippen LogP contribution in [0, 0.1) is 11.3 Å². The third-order valence-corrected chi connectivity index (χ3v) is 8.18. The molecule has 2 aromatic carbocycles. The van der Waals surface area contributed by atoms with E-state index < -0.39 is 12.1 Å². The van der Waals surface area contributed by atoms with E-state index in [1.54, 1.807) is 24.3 Å². The van der Waals surface area contributed by atoms with Gasteiger partial charge in [0, 0.05) is 11.3 Å². The number of esters is 1. The summed E-state index contributed by atoms with van der Waals surface area (Å²) in [5, 5.41) is 2.77. The number of anilines is 1. The molecule has 34 heavy (non-hydrogen) atoms. The van der Waals surface area contributed by atoms with Crippen molar-refractivity contribution in [3.8, 4) is 5.75 Å². The fourth-order valence-corrected chi connectivity index (χ4v) is 6.66. The molecule has 0 bridgehead atoms. The van der Waals surface area contributed by atoms with Crippen molar-refractivity contribution < 1.29 is 19.1 Å². The van der Waals surface area contributed by atoms with E-state index in [4.69, 9.17) is 9.47 Å². The van der Waals surface area contributed by atoms with Crippen molar-refractivity contribution in [2.75, 3.05) is 12.4 Å². The second-order valence-electron chi connectivity index (χ2n) is 11.1. The zero-order valence-corrected chi connectivity index (χ0v) is 21.3. The molecular formula is C29H37NO4. The maximum absolute atomic E-state index is 12.8. The van der Waals surface area contributed by atoms with Crippen LogP contribution in [0.3, 0.4) is 0 Å². The van der Waals surface area contributed by atoms with Crippen molar-refractivity contribution in [2.45, 2.75) is 78.1 Å². The summed E-state index contributed by atoms with van der Waals surface area (Å²) in [6.45, 7) is 11.7. The first-order chi connectivity index (χ1) is 16.1. The van der Waals surface area contributed by atoms with Gasteiger partial charge in [-0.05, 0) is 89.8 Å². The SMILES string of the molecule is COC(=O)c1ccc(NC(=O)Oc2ccc3c(c2C(C)C)CCC2C(C)(C)CCC[C@]32C)cc1. The highest BCUT2D eigenvalue weighted by molar-refractivity contribution is 5.91. The molecule has 1 unspecified atom stereocenters. The van der Waals surface area contributed by atoms with Crippen LogP contribution < -0.4 is 10.1 Å². The zero-order chi connectivity index (χ0) is 24.7. The molecule has 1 amide bonds. The largest absolute Gasteiger partial charge is 0.465 e. The molecule has 182 valence electrons. The van der Waals surface area contributed by atoms with E-state index >= 15 is 0 Å². The Morgan fingerprint density at radius 1 is 1.03 bits per heavy atom. The van der Waals surface area contributed by atoms with Crippen LogP contribution in [0.1, 0.15) is 93.3 Å². The third kappa shape index (κ3) is 4.33. The average molecular weight is 464 g/mol. The Hall–Kier alpha value is -2.82. The minimum Gasteiger partial charge on any atom is -0.465 e. The van der Waals surface area contributed by atoms with E-state index in [9.17, 15) is 9.59 Å². The molecular weight excluding hydrogens is 426 g/mol. The fourth-order valence-electron chi connectivity index (χ4n) is 6.66. The van der Waals surface area contributed by atoms with Gasteiger partial charge in [-0.15, -0.1) is 0 Å². The van der Waals surface area contributed by atoms with Crippen LogP contribution in [0.2, 0.25) is 0 Å². The van der Waals surface area contributed by atoms with E-state index in [0.29, 0.717) is 28.3 Å². The molecule has 4 rings (SSSR count). The Labute approximate surface area is 203 Å². The maximum Gasteiger partial charge on any atom is 0.417 e. The van der Waals surface area contributed by atoms with Crippen LogP contribution >= 0.6 is 0 Å². The molecule has 0 heterocycles. The van der Waals surface area contributed by atoms with Crippen molar-refractivity contribution in [3.05, 3.63) is 58.7 Å². The number of carbonyl (C=O) groups is 2. The topological polar surface area (TPSA) is 64.6 Å². The fraction of sp³-hybridized carbons (Fsp3) is 0.517. The van der Waals surface area contributed by atoms with E-state index in [-0.39, 0.29) is 11.3 Å². The number of fused-ring (bicyclic) bond motifs is 3. The van der Waals surface area contributed by atoms with E-state index in [1.165, 1.54) is 43.9 Å². The minimum atomic E-state index is -0.536. The molecule has 0 aromatic heterocycles. The summed E-state index contributed by atoms with van der Waals surface area (Å²) in [4.78, 5) is 24.4. The number of nitrogens with one attached hydrogen (secondary N) is 1. The number of hydrogen-bond acceptors (Lipinski definition) is 4. The van der Waals surface area contributed by atoms with Gasteiger partial charge in [-0.2, -0.15) is 0 Å². The molecule has 1 N–H and O–H groups in total. The molecule has 0 aliphatic heterocycles. The van der Waals surface area contributed by atoms with Crippen molar-refractivity contribution >= 4 is 17.7 Å². The second kappa shape index (κ2) is 9.09. The Kier molecular flexibility index (Phi) is 6.50. The average Bonchev–Trinajstić information content (AvgIpc) is 2.78. The lowest BCUT2D eigenvalue weighted by Crippen LogP contribution is -2.48. The standard InChI is InChI=1S/C29H37NO4/c1-18(2)25-21-12-15-24-28(3,4)16-7-17-29(24,5)22(21)13-14-23(25)34-27(32)30-20-10-8-19(9-11-20)26(31)33-6/h8-11,13-14,18,24H,7,12,15-17H2,1-6H3,(H,30,32)/t24?,29-/m1/s1. The lowest BCUT2D eigenvalue weighted by molar-refractivity contribution is 0.0404. The molecule has 0 spiro atoms. The van der Waals surface area contributed by atoms with Gasteiger partial charge in [0.1, 0.15) is 5.75 Å². The highest BCUT2D eigenvalue weighted by atomic mass is 16.6. The van der Waals surface area contributed by atoms with Crippen molar-refractivity contribution in [2.24, 2.45) is 11.3 Å². The van der Waals surface area contributed by atoms with Gasteiger partial charge in [-0.1, -0.05) is 47.1 Å². The monoisotopic (exact) mass is 463 g/mol. The van der Waals surface area contributed by atoms with Gasteiger partial charge < -0.3 is 9.47 Å². The van der Waals surface area contributed by atoms with Crippen LogP contribution in [0.15, 0.2) is 36.4 Å². The molecule has 0 radical (unpaired) electrons. The summed E-state index contributed by atoms with van der Waals surface area (Å²) in [6, 6.07) is 10.8. The normalized spacial score (nSPS) is 23.0. The maximum atomic E-state index is 12.8. The van der Waals surface area contributed by atoms with Crippen LogP contribution in [0.4, 0.5) is 10.5 Å². The predicted octanol–water partition coefficient (Wildman–Crippen LogP) is 7.24. The molecule has 2 aromatic rings. The lowest BCUT2D eigenvalue weighted by Gasteiger charge is -2.54. The Morgan fingerprint density at radius 3 is 2.38 bits per heavy atom. The molecule has 2 atom stereocenters. The smallest absolute Gasteiger partial charge is 0.417 e. The summed E-state index contributed by atoms with van der Waals surface area (Å²) in [5.41, 5.74) is 5.47. The first-order valence-corrected chi connectivity index (χ1v) is 12.4. The number of carbonyl (C=O) groups excluding carboxylic acids is 2. The Bertz CT molecular complexity index is 1090. The van der Waals surface area contributed by atoms with E-state index in [2.05, 4.69) is 46.0 Å². The van der Waals surface area contributed by atoms with Gasteiger partial charge in [0.25, 0.3) is 0 Å². The predicted molar refractivity (Wildman–Crippen MR) is 135 cm³/mol. The van der Waals surface area contributed by atoms with Crippen LogP contribution in [0.5, 0.6) is 5.75 Å². The zero-order valence-electron chi connectivity index (χ0n) is 21.3. The van der Waals surface area contributed by atoms with Gasteiger partial charge in [0.05, 0.1) is 12.7 Å². The highest BCUT2D eigenvalue weighted by Crippen LogP contribution is 2.58. The van der Waals surface area contributed by atoms with Gasteiger partial charge in [-0.3, -0.25) is 5.32 Å². The first-order valence-electron chi connectivity index (χ1n) is 12.4. The molecule has 1 saturated carbocycles. The van der Waals surface area contributed by atoms with Gasteiger partial charge in [0.2, 0.25) is 0 Å². The minimum absolute atomic E-state index is 0.168. The number of rotatable bonds is 4. The summed E-state index contributed by atoms with van der Waals surface area (Å²) in [7, 11) is 1.34. The molecule has 5 nitrogen and oxygen atoms in total. The number of benzene rings is 2. The number of amides is 1. The number of hydrogen-bond donors (Lipinski definition) is 1. The second-order valence-corrected chi connectivity index (χ2v) is 11.1. The van der Waals surface area contributed by atoms with Crippen LogP contribution in [0.25, 0.3) is 0 Å². The van der Waals surface area contributed by atoms with Crippen molar-refractivity contribution in [1.29, 1.82) is 0 Å². The van der Waals surface area contributed by atoms with Crippen molar-refractivity contribution in [3.63, 3.8) is 0 Å². The van der Waals surface area contributed by atoms with Crippen LogP contribution in [-0.4, -0.2) is 19.2 Å². The summed E-state index contributed by atoms with van der Waals surface area (Å²) in [5.74, 6) is 1.13. The molecule has 0 saturated heterocycles. The number of methoxy groups -OCH3 is 1. The molecule has 2 aliphatic rings. The van der Waals surface area contributed by atoms with Crippen LogP contribution in [-0.2, 0) is 16.6 Å². The highest BCUT2D eigenvalue weighted by Gasteiger charge is 2.50. The van der Waals surface area contributed by atoms with E-state index in [1.807, 2.05) is 6.07 Å². The summed E-state index contributed by atoms with van der Waals surface area (Å²) in [6.07, 6.45) is 5.44. The number of ether oxygens (including phenoxy) is 2. The third-order valence-electron chi connectivity index (χ3n) is 8.18. The lowest BCUT2D eigenvalue weighted by atomic mass is 9.50. The summed E-state index contributed by atoms with van der Waals surface area (Å²) >= 11 is 0. The van der Waals surface area contributed by atoms with Crippen molar-refractivity contribution in [1.82, 2.24) is 0 Å². The Morgan fingerprint density at radius 2 is 1.74 bits per heavy atom. The molecule has 2 aliphatic carbocycles. The first kappa shape index (κ1) is 24.3. The molecule has 1 fully saturated rings. The Balaban J connectivity index is 1.59. The van der Waals surface area contributed by atoms with E-state index in [0.717, 1.165) is 12.0 Å². The van der Waals surface area contributed by atoms with Gasteiger partial charge >= 0.3 is 12.1 Å². The summed E-state index contributed by atoms with van der Waals surface area (Å²) < 4.78 is 10.6.